The van der Waals surface area contributed by atoms with Gasteiger partial charge in [0, 0.05) is 36.6 Å². The van der Waals surface area contributed by atoms with Crippen LogP contribution >= 0.6 is 11.8 Å². The van der Waals surface area contributed by atoms with E-state index in [-0.39, 0.29) is 11.4 Å². The molecule has 1 unspecified atom stereocenters. The van der Waals surface area contributed by atoms with E-state index in [0.29, 0.717) is 12.6 Å². The molecule has 1 fully saturated rings. The standard InChI is InChI=1S/C16H25FN2S/c1-16(2,3)18-10-12-9-13(17)5-6-15(12)19(4)14-7-8-20-11-14/h5-6,9,14,18H,7-8,10-11H2,1-4H3. The molecular formula is C16H25FN2S. The number of thioether (sulfide) groups is 1. The van der Waals surface area contributed by atoms with E-state index < -0.39 is 0 Å². The first-order chi connectivity index (χ1) is 9.37. The molecule has 1 aromatic rings. The smallest absolute Gasteiger partial charge is 0.123 e. The topological polar surface area (TPSA) is 15.3 Å². The van der Waals surface area contributed by atoms with Crippen LogP contribution in [0.2, 0.25) is 0 Å². The summed E-state index contributed by atoms with van der Waals surface area (Å²) in [5.41, 5.74) is 2.22. The third-order valence-electron chi connectivity index (χ3n) is 3.68. The van der Waals surface area contributed by atoms with Crippen molar-refractivity contribution in [3.05, 3.63) is 29.6 Å². The van der Waals surface area contributed by atoms with Gasteiger partial charge < -0.3 is 10.2 Å². The second-order valence-corrected chi connectivity index (χ2v) is 7.65. The maximum absolute atomic E-state index is 13.6. The average molecular weight is 296 g/mol. The fraction of sp³-hybridized carbons (Fsp3) is 0.625. The van der Waals surface area contributed by atoms with E-state index in [2.05, 4.69) is 38.0 Å². The lowest BCUT2D eigenvalue weighted by atomic mass is 10.1. The molecule has 1 aliphatic rings. The summed E-state index contributed by atoms with van der Waals surface area (Å²) in [4.78, 5) is 2.32. The lowest BCUT2D eigenvalue weighted by Crippen LogP contribution is -2.37. The fourth-order valence-corrected chi connectivity index (χ4v) is 3.69. The Morgan fingerprint density at radius 2 is 2.15 bits per heavy atom. The van der Waals surface area contributed by atoms with Crippen LogP contribution in [0, 0.1) is 5.82 Å². The average Bonchev–Trinajstić information content (AvgIpc) is 2.88. The largest absolute Gasteiger partial charge is 0.370 e. The van der Waals surface area contributed by atoms with Gasteiger partial charge in [-0.25, -0.2) is 4.39 Å². The Hall–Kier alpha value is -0.740. The van der Waals surface area contributed by atoms with Crippen molar-refractivity contribution in [3.8, 4) is 0 Å². The van der Waals surface area contributed by atoms with Crippen LogP contribution in [-0.4, -0.2) is 30.1 Å². The first kappa shape index (κ1) is 15.6. The van der Waals surface area contributed by atoms with Gasteiger partial charge in [-0.1, -0.05) is 0 Å². The lowest BCUT2D eigenvalue weighted by Gasteiger charge is -2.29. The molecule has 1 heterocycles. The molecule has 1 aromatic carbocycles. The minimum atomic E-state index is -0.159. The molecule has 1 saturated heterocycles. The molecule has 1 aliphatic heterocycles. The number of anilines is 1. The summed E-state index contributed by atoms with van der Waals surface area (Å²) in [7, 11) is 2.13. The minimum absolute atomic E-state index is 0.0331. The van der Waals surface area contributed by atoms with Gasteiger partial charge in [0.2, 0.25) is 0 Å². The van der Waals surface area contributed by atoms with Gasteiger partial charge in [0.05, 0.1) is 0 Å². The first-order valence-electron chi connectivity index (χ1n) is 7.21. The highest BCUT2D eigenvalue weighted by atomic mass is 32.2. The van der Waals surface area contributed by atoms with Crippen LogP contribution in [0.1, 0.15) is 32.8 Å². The zero-order valence-electron chi connectivity index (χ0n) is 12.9. The van der Waals surface area contributed by atoms with Crippen molar-refractivity contribution in [2.45, 2.75) is 45.3 Å². The van der Waals surface area contributed by atoms with E-state index >= 15 is 0 Å². The molecule has 0 aromatic heterocycles. The number of hydrogen-bond acceptors (Lipinski definition) is 3. The van der Waals surface area contributed by atoms with Crippen LogP contribution in [0.4, 0.5) is 10.1 Å². The Morgan fingerprint density at radius 3 is 2.75 bits per heavy atom. The minimum Gasteiger partial charge on any atom is -0.370 e. The third-order valence-corrected chi connectivity index (χ3v) is 4.83. The van der Waals surface area contributed by atoms with Crippen molar-refractivity contribution in [2.24, 2.45) is 0 Å². The van der Waals surface area contributed by atoms with E-state index in [1.54, 1.807) is 12.1 Å². The molecule has 112 valence electrons. The molecule has 0 radical (unpaired) electrons. The SMILES string of the molecule is CN(c1ccc(F)cc1CNC(C)(C)C)C1CCSC1. The van der Waals surface area contributed by atoms with Gasteiger partial charge >= 0.3 is 0 Å². The van der Waals surface area contributed by atoms with Crippen LogP contribution in [0.3, 0.4) is 0 Å². The highest BCUT2D eigenvalue weighted by Crippen LogP contribution is 2.29. The fourth-order valence-electron chi connectivity index (χ4n) is 2.42. The number of nitrogens with one attached hydrogen (secondary N) is 1. The summed E-state index contributed by atoms with van der Waals surface area (Å²) in [6.07, 6.45) is 1.21. The number of halogens is 1. The van der Waals surface area contributed by atoms with Gasteiger partial charge in [0.1, 0.15) is 5.82 Å². The Kier molecular flexibility index (Phi) is 4.97. The predicted octanol–water partition coefficient (Wildman–Crippen LogP) is 3.66. The zero-order chi connectivity index (χ0) is 14.8. The second kappa shape index (κ2) is 6.35. The van der Waals surface area contributed by atoms with Gasteiger partial charge in [-0.3, -0.25) is 0 Å². The van der Waals surface area contributed by atoms with E-state index in [1.165, 1.54) is 17.9 Å². The summed E-state index contributed by atoms with van der Waals surface area (Å²) < 4.78 is 13.6. The first-order valence-corrected chi connectivity index (χ1v) is 8.36. The Bertz CT molecular complexity index is 450. The monoisotopic (exact) mass is 296 g/mol. The van der Waals surface area contributed by atoms with Gasteiger partial charge in [0.15, 0.2) is 0 Å². The maximum atomic E-state index is 13.6. The molecule has 1 N–H and O–H groups in total. The third kappa shape index (κ3) is 4.13. The van der Waals surface area contributed by atoms with Crippen LogP contribution in [0.5, 0.6) is 0 Å². The molecule has 4 heteroatoms. The number of hydrogen-bond donors (Lipinski definition) is 1. The summed E-state index contributed by atoms with van der Waals surface area (Å²) in [6, 6.07) is 5.71. The highest BCUT2D eigenvalue weighted by Gasteiger charge is 2.22. The van der Waals surface area contributed by atoms with Crippen molar-refractivity contribution in [1.29, 1.82) is 0 Å². The molecule has 0 saturated carbocycles. The number of nitrogens with zero attached hydrogens (tertiary/aromatic N) is 1. The van der Waals surface area contributed by atoms with E-state index in [4.69, 9.17) is 0 Å². The molecule has 2 rings (SSSR count). The Balaban J connectivity index is 2.18. The lowest BCUT2D eigenvalue weighted by molar-refractivity contribution is 0.423. The van der Waals surface area contributed by atoms with Crippen molar-refractivity contribution < 1.29 is 4.39 Å². The predicted molar refractivity (Wildman–Crippen MR) is 87.1 cm³/mol. The van der Waals surface area contributed by atoms with Crippen LogP contribution in [0.15, 0.2) is 18.2 Å². The molecule has 0 spiro atoms. The van der Waals surface area contributed by atoms with Crippen LogP contribution < -0.4 is 10.2 Å². The second-order valence-electron chi connectivity index (χ2n) is 6.50. The summed E-state index contributed by atoms with van der Waals surface area (Å²) in [5.74, 6) is 2.24. The van der Waals surface area contributed by atoms with Crippen molar-refractivity contribution >= 4 is 17.4 Å². The van der Waals surface area contributed by atoms with E-state index in [1.807, 2.05) is 17.8 Å². The van der Waals surface area contributed by atoms with Crippen LogP contribution in [-0.2, 0) is 6.54 Å². The Labute approximate surface area is 126 Å². The van der Waals surface area contributed by atoms with Gasteiger partial charge in [-0.05, 0) is 56.7 Å². The highest BCUT2D eigenvalue weighted by molar-refractivity contribution is 7.99. The van der Waals surface area contributed by atoms with Crippen molar-refractivity contribution in [2.75, 3.05) is 23.5 Å². The molecule has 0 bridgehead atoms. The van der Waals surface area contributed by atoms with Crippen molar-refractivity contribution in [3.63, 3.8) is 0 Å². The Morgan fingerprint density at radius 1 is 1.40 bits per heavy atom. The quantitative estimate of drug-likeness (QED) is 0.913. The summed E-state index contributed by atoms with van der Waals surface area (Å²) >= 11 is 2.00. The summed E-state index contributed by atoms with van der Waals surface area (Å²) in [6.45, 7) is 7.08. The van der Waals surface area contributed by atoms with E-state index in [9.17, 15) is 4.39 Å². The van der Waals surface area contributed by atoms with Crippen LogP contribution in [0.25, 0.3) is 0 Å². The molecule has 20 heavy (non-hydrogen) atoms. The molecular weight excluding hydrogens is 271 g/mol. The summed E-state index contributed by atoms with van der Waals surface area (Å²) in [5, 5.41) is 3.45. The van der Waals surface area contributed by atoms with Gasteiger partial charge in [-0.15, -0.1) is 0 Å². The molecule has 0 aliphatic carbocycles. The number of benzene rings is 1. The van der Waals surface area contributed by atoms with Crippen molar-refractivity contribution in [1.82, 2.24) is 5.32 Å². The van der Waals surface area contributed by atoms with Gasteiger partial charge in [0.25, 0.3) is 0 Å². The van der Waals surface area contributed by atoms with Gasteiger partial charge in [-0.2, -0.15) is 11.8 Å². The number of rotatable bonds is 4. The molecule has 0 amide bonds. The molecule has 1 atom stereocenters. The normalized spacial score (nSPS) is 19.4. The van der Waals surface area contributed by atoms with E-state index in [0.717, 1.165) is 11.3 Å². The zero-order valence-corrected chi connectivity index (χ0v) is 13.7. The maximum Gasteiger partial charge on any atom is 0.123 e. The molecule has 2 nitrogen and oxygen atoms in total.